The van der Waals surface area contributed by atoms with Crippen molar-refractivity contribution in [3.8, 4) is 0 Å². The van der Waals surface area contributed by atoms with Gasteiger partial charge >= 0.3 is 6.18 Å². The average Bonchev–Trinajstić information content (AvgIpc) is 2.44. The lowest BCUT2D eigenvalue weighted by Crippen LogP contribution is -2.17. The van der Waals surface area contributed by atoms with E-state index in [4.69, 9.17) is 5.14 Å². The number of halogens is 3. The van der Waals surface area contributed by atoms with E-state index in [0.717, 1.165) is 12.1 Å². The molecule has 2 aromatic rings. The molecular formula is C15H14F3N3O3S. The molecule has 1 aromatic heterocycles. The van der Waals surface area contributed by atoms with Crippen molar-refractivity contribution in [1.82, 2.24) is 4.98 Å². The lowest BCUT2D eigenvalue weighted by Gasteiger charge is -2.11. The van der Waals surface area contributed by atoms with E-state index >= 15 is 0 Å². The van der Waals surface area contributed by atoms with Crippen LogP contribution in [0.25, 0.3) is 0 Å². The van der Waals surface area contributed by atoms with Gasteiger partial charge in [0, 0.05) is 5.69 Å². The Morgan fingerprint density at radius 3 is 2.48 bits per heavy atom. The molecule has 0 spiro atoms. The third-order valence-corrected chi connectivity index (χ3v) is 3.91. The average molecular weight is 373 g/mol. The van der Waals surface area contributed by atoms with Crippen molar-refractivity contribution in [2.45, 2.75) is 18.9 Å². The molecule has 6 nitrogen and oxygen atoms in total. The molecule has 1 heterocycles. The third-order valence-electron chi connectivity index (χ3n) is 3.17. The number of benzene rings is 1. The maximum absolute atomic E-state index is 12.6. The smallest absolute Gasteiger partial charge is 0.322 e. The van der Waals surface area contributed by atoms with E-state index in [2.05, 4.69) is 10.3 Å². The van der Waals surface area contributed by atoms with E-state index in [1.165, 1.54) is 31.2 Å². The quantitative estimate of drug-likeness (QED) is 0.859. The molecule has 0 fully saturated rings. The highest BCUT2D eigenvalue weighted by Crippen LogP contribution is 2.28. The van der Waals surface area contributed by atoms with Gasteiger partial charge in [-0.25, -0.2) is 18.5 Å². The van der Waals surface area contributed by atoms with Crippen LogP contribution in [-0.4, -0.2) is 19.3 Å². The highest BCUT2D eigenvalue weighted by atomic mass is 32.2. The number of carbonyl (C=O) groups is 1. The number of carbonyl (C=O) groups excluding carboxylic acids is 1. The number of rotatable bonds is 4. The first-order valence-electron chi connectivity index (χ1n) is 6.91. The standard InChI is InChI=1S/C15H14F3N3O3S/c1-9-12(5-6-13(20-9)15(16,17)18)14(22)21-11-4-2-3-10(7-11)8-25(19,23)24/h2-7H,8H2,1H3,(H,21,22)(H2,19,23,24). The molecule has 10 heteroatoms. The molecule has 0 radical (unpaired) electrons. The Morgan fingerprint density at radius 2 is 1.92 bits per heavy atom. The van der Waals surface area contributed by atoms with Crippen molar-refractivity contribution < 1.29 is 26.4 Å². The van der Waals surface area contributed by atoms with Crippen molar-refractivity contribution in [1.29, 1.82) is 0 Å². The molecule has 1 amide bonds. The number of amides is 1. The Labute approximate surface area is 141 Å². The molecule has 0 atom stereocenters. The second kappa shape index (κ2) is 6.81. The van der Waals surface area contributed by atoms with E-state index in [0.29, 0.717) is 5.56 Å². The number of primary sulfonamides is 1. The van der Waals surface area contributed by atoms with Crippen LogP contribution < -0.4 is 10.5 Å². The molecule has 1 aromatic carbocycles. The van der Waals surface area contributed by atoms with Crippen molar-refractivity contribution in [3.63, 3.8) is 0 Å². The van der Waals surface area contributed by atoms with Crippen LogP contribution in [-0.2, 0) is 22.0 Å². The fraction of sp³-hybridized carbons (Fsp3) is 0.200. The van der Waals surface area contributed by atoms with Gasteiger partial charge in [-0.1, -0.05) is 12.1 Å². The van der Waals surface area contributed by atoms with Gasteiger partial charge in [-0.2, -0.15) is 13.2 Å². The van der Waals surface area contributed by atoms with Gasteiger partial charge in [0.15, 0.2) is 0 Å². The molecule has 0 aliphatic heterocycles. The molecule has 134 valence electrons. The van der Waals surface area contributed by atoms with Gasteiger partial charge in [0.2, 0.25) is 10.0 Å². The first kappa shape index (κ1) is 18.9. The molecule has 3 N–H and O–H groups in total. The summed E-state index contributed by atoms with van der Waals surface area (Å²) in [7, 11) is -3.73. The van der Waals surface area contributed by atoms with E-state index in [9.17, 15) is 26.4 Å². The number of alkyl halides is 3. The summed E-state index contributed by atoms with van der Waals surface area (Å²) in [5.41, 5.74) is -0.539. The zero-order valence-corrected chi connectivity index (χ0v) is 13.8. The van der Waals surface area contributed by atoms with Crippen molar-refractivity contribution >= 4 is 21.6 Å². The molecule has 0 aliphatic rings. The third kappa shape index (κ3) is 5.26. The van der Waals surface area contributed by atoms with Crippen LogP contribution in [0.2, 0.25) is 0 Å². The number of pyridine rings is 1. The molecule has 0 saturated carbocycles. The Balaban J connectivity index is 2.21. The van der Waals surface area contributed by atoms with E-state index < -0.39 is 33.6 Å². The summed E-state index contributed by atoms with van der Waals surface area (Å²) in [4.78, 5) is 15.6. The normalized spacial score (nSPS) is 12.0. The van der Waals surface area contributed by atoms with Crippen LogP contribution in [0.4, 0.5) is 18.9 Å². The molecule has 2 rings (SSSR count). The first-order chi connectivity index (χ1) is 11.5. The highest BCUT2D eigenvalue weighted by molar-refractivity contribution is 7.88. The van der Waals surface area contributed by atoms with Gasteiger partial charge in [0.1, 0.15) is 5.69 Å². The lowest BCUT2D eigenvalue weighted by atomic mass is 10.1. The van der Waals surface area contributed by atoms with Crippen LogP contribution in [0.15, 0.2) is 36.4 Å². The maximum atomic E-state index is 12.6. The lowest BCUT2D eigenvalue weighted by molar-refractivity contribution is -0.141. The summed E-state index contributed by atoms with van der Waals surface area (Å²) in [6, 6.07) is 7.72. The predicted molar refractivity (Wildman–Crippen MR) is 85.2 cm³/mol. The number of nitrogens with one attached hydrogen (secondary N) is 1. The van der Waals surface area contributed by atoms with Crippen LogP contribution >= 0.6 is 0 Å². The Kier molecular flexibility index (Phi) is 5.14. The Morgan fingerprint density at radius 1 is 1.24 bits per heavy atom. The maximum Gasteiger partial charge on any atom is 0.433 e. The summed E-state index contributed by atoms with van der Waals surface area (Å²) < 4.78 is 60.0. The minimum absolute atomic E-state index is 0.0233. The fourth-order valence-electron chi connectivity index (χ4n) is 2.13. The largest absolute Gasteiger partial charge is 0.433 e. The van der Waals surface area contributed by atoms with Crippen molar-refractivity contribution in [2.24, 2.45) is 5.14 Å². The van der Waals surface area contributed by atoms with Gasteiger partial charge in [-0.15, -0.1) is 0 Å². The first-order valence-corrected chi connectivity index (χ1v) is 8.63. The van der Waals surface area contributed by atoms with Gasteiger partial charge in [-0.3, -0.25) is 4.79 Å². The number of nitrogens with zero attached hydrogens (tertiary/aromatic N) is 1. The molecular weight excluding hydrogens is 359 g/mol. The molecule has 25 heavy (non-hydrogen) atoms. The number of aryl methyl sites for hydroxylation is 1. The second-order valence-electron chi connectivity index (χ2n) is 5.29. The number of sulfonamides is 1. The number of nitrogens with two attached hydrogens (primary N) is 1. The SMILES string of the molecule is Cc1nc(C(F)(F)F)ccc1C(=O)Nc1cccc(CS(N)(=O)=O)c1. The molecule has 0 aliphatic carbocycles. The number of hydrogen-bond donors (Lipinski definition) is 2. The molecule has 0 saturated heterocycles. The van der Waals surface area contributed by atoms with Crippen LogP contribution in [0, 0.1) is 6.92 Å². The van der Waals surface area contributed by atoms with Crippen LogP contribution in [0.5, 0.6) is 0 Å². The molecule has 0 bridgehead atoms. The van der Waals surface area contributed by atoms with Crippen LogP contribution in [0.1, 0.15) is 27.3 Å². The zero-order chi connectivity index (χ0) is 18.8. The van der Waals surface area contributed by atoms with Crippen LogP contribution in [0.3, 0.4) is 0 Å². The van der Waals surface area contributed by atoms with Gasteiger partial charge < -0.3 is 5.32 Å². The number of aromatic nitrogens is 1. The van der Waals surface area contributed by atoms with Gasteiger partial charge in [0.25, 0.3) is 5.91 Å². The monoisotopic (exact) mass is 373 g/mol. The predicted octanol–water partition coefficient (Wildman–Crippen LogP) is 2.45. The summed E-state index contributed by atoms with van der Waals surface area (Å²) in [6.45, 7) is 1.29. The minimum atomic E-state index is -4.60. The Bertz CT molecular complexity index is 912. The topological polar surface area (TPSA) is 102 Å². The van der Waals surface area contributed by atoms with E-state index in [-0.39, 0.29) is 16.9 Å². The van der Waals surface area contributed by atoms with Crippen molar-refractivity contribution in [2.75, 3.05) is 5.32 Å². The minimum Gasteiger partial charge on any atom is -0.322 e. The number of anilines is 1. The fourth-order valence-corrected chi connectivity index (χ4v) is 2.77. The summed E-state index contributed by atoms with van der Waals surface area (Å²) in [5, 5.41) is 7.45. The van der Waals surface area contributed by atoms with Crippen molar-refractivity contribution in [3.05, 3.63) is 58.9 Å². The second-order valence-corrected chi connectivity index (χ2v) is 6.90. The summed E-state index contributed by atoms with van der Waals surface area (Å²) in [5.74, 6) is -1.07. The van der Waals surface area contributed by atoms with E-state index in [1.54, 1.807) is 0 Å². The van der Waals surface area contributed by atoms with Gasteiger partial charge in [-0.05, 0) is 36.8 Å². The summed E-state index contributed by atoms with van der Waals surface area (Å²) in [6.07, 6.45) is -4.60. The van der Waals surface area contributed by atoms with Gasteiger partial charge in [0.05, 0.1) is 17.0 Å². The Hall–Kier alpha value is -2.46. The molecule has 0 unspecified atom stereocenters. The number of hydrogen-bond acceptors (Lipinski definition) is 4. The summed E-state index contributed by atoms with van der Waals surface area (Å²) >= 11 is 0. The zero-order valence-electron chi connectivity index (χ0n) is 13.0. The highest BCUT2D eigenvalue weighted by Gasteiger charge is 2.33. The van der Waals surface area contributed by atoms with E-state index in [1.807, 2.05) is 0 Å².